The summed E-state index contributed by atoms with van der Waals surface area (Å²) in [7, 11) is 3.42. The van der Waals surface area contributed by atoms with Crippen molar-refractivity contribution in [3.05, 3.63) is 27.4 Å². The van der Waals surface area contributed by atoms with E-state index in [2.05, 4.69) is 4.98 Å². The predicted octanol–water partition coefficient (Wildman–Crippen LogP) is -1.50. The summed E-state index contributed by atoms with van der Waals surface area (Å²) in [6.45, 7) is 0. The number of nitrogens with zero attached hydrogens (tertiary/aromatic N) is 1. The van der Waals surface area contributed by atoms with E-state index in [-0.39, 0.29) is 18.0 Å². The molecule has 8 heteroatoms. The average Bonchev–Trinajstić information content (AvgIpc) is 2.65. The minimum Gasteiger partial charge on any atom is -0.405 e. The second-order valence-electron chi connectivity index (χ2n) is 4.83. The standard InChI is InChI=1S/C9H14B2N2O3S/c10-9(11,15)5-1-2-7(16-5)13-4-3-6(17)12-8(13)14/h3-5,7,15H,1-2,10-11H2,(H,12,14,17). The van der Waals surface area contributed by atoms with Gasteiger partial charge in [-0.1, -0.05) is 12.2 Å². The summed E-state index contributed by atoms with van der Waals surface area (Å²) in [6, 6.07) is 1.65. The number of hydrogen-bond acceptors (Lipinski definition) is 4. The summed E-state index contributed by atoms with van der Waals surface area (Å²) in [6.07, 6.45) is 2.49. The topological polar surface area (TPSA) is 67.2 Å². The van der Waals surface area contributed by atoms with Crippen LogP contribution in [0.2, 0.25) is 0 Å². The third-order valence-corrected chi connectivity index (χ3v) is 3.18. The highest BCUT2D eigenvalue weighted by Crippen LogP contribution is 2.30. The molecule has 90 valence electrons. The number of H-pyrrole nitrogens is 1. The van der Waals surface area contributed by atoms with E-state index in [1.807, 2.05) is 0 Å². The zero-order chi connectivity index (χ0) is 12.6. The van der Waals surface area contributed by atoms with E-state index in [0.717, 1.165) is 6.42 Å². The lowest BCUT2D eigenvalue weighted by Gasteiger charge is -2.26. The molecule has 0 radical (unpaired) electrons. The first-order valence-corrected chi connectivity index (χ1v) is 5.98. The fourth-order valence-electron chi connectivity index (χ4n) is 2.00. The van der Waals surface area contributed by atoms with Gasteiger partial charge in [-0.05, 0) is 18.9 Å². The largest absolute Gasteiger partial charge is 0.405 e. The summed E-state index contributed by atoms with van der Waals surface area (Å²) in [5.41, 5.74) is -0.279. The molecule has 1 fully saturated rings. The van der Waals surface area contributed by atoms with Crippen LogP contribution < -0.4 is 5.69 Å². The van der Waals surface area contributed by atoms with Crippen molar-refractivity contribution in [2.24, 2.45) is 0 Å². The van der Waals surface area contributed by atoms with Gasteiger partial charge in [0.25, 0.3) is 0 Å². The van der Waals surface area contributed by atoms with Crippen LogP contribution in [0.25, 0.3) is 0 Å². The van der Waals surface area contributed by atoms with Crippen molar-refractivity contribution in [2.75, 3.05) is 0 Å². The summed E-state index contributed by atoms with van der Waals surface area (Å²) >= 11 is 4.87. The van der Waals surface area contributed by atoms with Crippen LogP contribution in [0.5, 0.6) is 0 Å². The van der Waals surface area contributed by atoms with Gasteiger partial charge in [0, 0.05) is 11.6 Å². The highest BCUT2D eigenvalue weighted by Gasteiger charge is 2.36. The molecule has 1 aliphatic heterocycles. The molecule has 1 aromatic heterocycles. The Hall–Kier alpha value is -0.850. The molecule has 17 heavy (non-hydrogen) atoms. The van der Waals surface area contributed by atoms with Gasteiger partial charge in [-0.3, -0.25) is 9.55 Å². The Morgan fingerprint density at radius 3 is 2.82 bits per heavy atom. The molecule has 2 N–H and O–H groups in total. The Morgan fingerprint density at radius 2 is 2.29 bits per heavy atom. The number of ether oxygens (including phenoxy) is 1. The first-order valence-electron chi connectivity index (χ1n) is 5.57. The third-order valence-electron chi connectivity index (χ3n) is 2.95. The average molecular weight is 252 g/mol. The molecular weight excluding hydrogens is 238 g/mol. The molecule has 0 saturated carbocycles. The fourth-order valence-corrected chi connectivity index (χ4v) is 2.15. The van der Waals surface area contributed by atoms with Crippen LogP contribution in [-0.4, -0.2) is 41.9 Å². The highest BCUT2D eigenvalue weighted by molar-refractivity contribution is 7.71. The van der Waals surface area contributed by atoms with E-state index < -0.39 is 5.40 Å². The van der Waals surface area contributed by atoms with Gasteiger partial charge < -0.3 is 9.84 Å². The molecule has 1 saturated heterocycles. The van der Waals surface area contributed by atoms with E-state index in [1.165, 1.54) is 4.57 Å². The Kier molecular flexibility index (Phi) is 3.29. The zero-order valence-corrected chi connectivity index (χ0v) is 10.7. The quantitative estimate of drug-likeness (QED) is 0.496. The van der Waals surface area contributed by atoms with Crippen molar-refractivity contribution < 1.29 is 9.84 Å². The summed E-state index contributed by atoms with van der Waals surface area (Å²) in [5, 5.41) is 8.97. The molecular formula is C9H14B2N2O3S. The van der Waals surface area contributed by atoms with Gasteiger partial charge in [0.1, 0.15) is 26.6 Å². The van der Waals surface area contributed by atoms with E-state index in [9.17, 15) is 9.90 Å². The highest BCUT2D eigenvalue weighted by atomic mass is 32.1. The normalized spacial score (nSPS) is 25.0. The lowest BCUT2D eigenvalue weighted by Crippen LogP contribution is -2.43. The van der Waals surface area contributed by atoms with E-state index in [0.29, 0.717) is 11.1 Å². The lowest BCUT2D eigenvalue weighted by atomic mass is 9.61. The Balaban J connectivity index is 2.21. The van der Waals surface area contributed by atoms with Crippen LogP contribution in [-0.2, 0) is 4.74 Å². The van der Waals surface area contributed by atoms with Gasteiger partial charge in [-0.15, -0.1) is 0 Å². The van der Waals surface area contributed by atoms with E-state index in [4.69, 9.17) is 17.0 Å². The minimum absolute atomic E-state index is 0.248. The molecule has 2 rings (SSSR count). The zero-order valence-electron chi connectivity index (χ0n) is 9.84. The number of nitrogens with one attached hydrogen (secondary N) is 1. The fraction of sp³-hybridized carbons (Fsp3) is 0.556. The molecule has 0 amide bonds. The Labute approximate surface area is 106 Å². The van der Waals surface area contributed by atoms with E-state index in [1.54, 1.807) is 28.0 Å². The van der Waals surface area contributed by atoms with Crippen LogP contribution in [0.3, 0.4) is 0 Å². The van der Waals surface area contributed by atoms with Gasteiger partial charge in [-0.2, -0.15) is 0 Å². The van der Waals surface area contributed by atoms with Crippen LogP contribution in [0.15, 0.2) is 17.1 Å². The second kappa shape index (κ2) is 4.44. The second-order valence-corrected chi connectivity index (χ2v) is 5.27. The number of hydrogen-bond donors (Lipinski definition) is 2. The molecule has 2 atom stereocenters. The van der Waals surface area contributed by atoms with Crippen molar-refractivity contribution in [3.63, 3.8) is 0 Å². The van der Waals surface area contributed by atoms with Gasteiger partial charge >= 0.3 is 5.69 Å². The molecule has 1 aromatic rings. The molecule has 2 unspecified atom stereocenters. The maximum Gasteiger partial charge on any atom is 0.328 e. The summed E-state index contributed by atoms with van der Waals surface area (Å²) < 4.78 is 7.57. The van der Waals surface area contributed by atoms with Crippen molar-refractivity contribution >= 4 is 27.9 Å². The van der Waals surface area contributed by atoms with E-state index >= 15 is 0 Å². The van der Waals surface area contributed by atoms with Gasteiger partial charge in [0.05, 0.1) is 6.10 Å². The first kappa shape index (κ1) is 12.6. The molecule has 5 nitrogen and oxygen atoms in total. The predicted molar refractivity (Wildman–Crippen MR) is 71.1 cm³/mol. The van der Waals surface area contributed by atoms with Crippen LogP contribution in [0.4, 0.5) is 0 Å². The monoisotopic (exact) mass is 252 g/mol. The van der Waals surface area contributed by atoms with Gasteiger partial charge in [0.15, 0.2) is 0 Å². The SMILES string of the molecule is BC(B)(O)C1CCC(n2ccc(=S)[nH]c2=O)O1. The number of rotatable bonds is 2. The van der Waals surface area contributed by atoms with Crippen molar-refractivity contribution in [1.29, 1.82) is 0 Å². The molecule has 1 aliphatic rings. The molecule has 0 aromatic carbocycles. The van der Waals surface area contributed by atoms with Gasteiger partial charge in [-0.25, -0.2) is 4.79 Å². The smallest absolute Gasteiger partial charge is 0.328 e. The summed E-state index contributed by atoms with van der Waals surface area (Å²) in [4.78, 5) is 14.2. The Bertz CT molecular complexity index is 522. The number of aromatic nitrogens is 2. The maximum atomic E-state index is 11.7. The minimum atomic E-state index is -0.889. The van der Waals surface area contributed by atoms with Crippen molar-refractivity contribution in [3.8, 4) is 0 Å². The molecule has 2 heterocycles. The summed E-state index contributed by atoms with van der Waals surface area (Å²) in [5.74, 6) is 0. The third kappa shape index (κ3) is 2.70. The maximum absolute atomic E-state index is 11.7. The first-order chi connectivity index (χ1) is 7.88. The molecule has 0 bridgehead atoms. The Morgan fingerprint density at radius 1 is 1.59 bits per heavy atom. The van der Waals surface area contributed by atoms with Crippen molar-refractivity contribution in [2.45, 2.75) is 30.6 Å². The van der Waals surface area contributed by atoms with Crippen LogP contribution in [0.1, 0.15) is 19.1 Å². The number of aromatic amines is 1. The molecule has 0 spiro atoms. The van der Waals surface area contributed by atoms with Crippen molar-refractivity contribution in [1.82, 2.24) is 9.55 Å². The lowest BCUT2D eigenvalue weighted by molar-refractivity contribution is -0.0502. The number of aliphatic hydroxyl groups is 1. The molecule has 0 aliphatic carbocycles. The van der Waals surface area contributed by atoms with Gasteiger partial charge in [0.2, 0.25) is 0 Å². The van der Waals surface area contributed by atoms with Crippen LogP contribution >= 0.6 is 12.2 Å². The van der Waals surface area contributed by atoms with Crippen LogP contribution in [0, 0.1) is 4.64 Å².